The maximum atomic E-state index is 6.12. The summed E-state index contributed by atoms with van der Waals surface area (Å²) in [7, 11) is 0. The van der Waals surface area contributed by atoms with E-state index in [-0.39, 0.29) is 0 Å². The molecule has 3 nitrogen and oxygen atoms in total. The summed E-state index contributed by atoms with van der Waals surface area (Å²) in [4.78, 5) is 8.17. The standard InChI is InChI=1S/C12H11BrClN3/c1-8-4-12(17-7-16-8)15-6-9-2-3-10(13)5-11(9)14/h2-5,7H,6H2,1H3,(H,15,16,17). The highest BCUT2D eigenvalue weighted by Gasteiger charge is 2.01. The summed E-state index contributed by atoms with van der Waals surface area (Å²) in [5.74, 6) is 0.802. The molecule has 2 rings (SSSR count). The minimum atomic E-state index is 0.641. The van der Waals surface area contributed by atoms with Crippen LogP contribution in [0, 0.1) is 6.92 Å². The number of aromatic nitrogens is 2. The van der Waals surface area contributed by atoms with Crippen LogP contribution in [0.3, 0.4) is 0 Å². The molecule has 88 valence electrons. The largest absolute Gasteiger partial charge is 0.366 e. The molecule has 1 aromatic carbocycles. The number of anilines is 1. The Morgan fingerprint density at radius 3 is 2.82 bits per heavy atom. The Balaban J connectivity index is 2.07. The molecular formula is C12H11BrClN3. The molecule has 0 fully saturated rings. The summed E-state index contributed by atoms with van der Waals surface area (Å²) in [6.45, 7) is 2.57. The second kappa shape index (κ2) is 5.47. The van der Waals surface area contributed by atoms with Gasteiger partial charge in [-0.2, -0.15) is 0 Å². The van der Waals surface area contributed by atoms with Crippen LogP contribution in [0.2, 0.25) is 5.02 Å². The molecule has 17 heavy (non-hydrogen) atoms. The van der Waals surface area contributed by atoms with Crippen molar-refractivity contribution < 1.29 is 0 Å². The molecule has 2 aromatic rings. The molecule has 5 heteroatoms. The third-order valence-electron chi connectivity index (χ3n) is 2.28. The molecule has 0 saturated carbocycles. The van der Waals surface area contributed by atoms with Crippen molar-refractivity contribution in [2.75, 3.05) is 5.32 Å². The van der Waals surface area contributed by atoms with Crippen LogP contribution in [0.5, 0.6) is 0 Å². The fraction of sp³-hybridized carbons (Fsp3) is 0.167. The van der Waals surface area contributed by atoms with Crippen molar-refractivity contribution in [3.8, 4) is 0 Å². The highest BCUT2D eigenvalue weighted by atomic mass is 79.9. The van der Waals surface area contributed by atoms with Gasteiger partial charge in [0, 0.05) is 27.8 Å². The monoisotopic (exact) mass is 311 g/mol. The van der Waals surface area contributed by atoms with Gasteiger partial charge in [0.25, 0.3) is 0 Å². The van der Waals surface area contributed by atoms with Crippen molar-refractivity contribution >= 4 is 33.3 Å². The molecule has 0 aliphatic rings. The van der Waals surface area contributed by atoms with E-state index in [1.165, 1.54) is 0 Å². The Hall–Kier alpha value is -1.13. The molecule has 0 amide bonds. The van der Waals surface area contributed by atoms with Crippen molar-refractivity contribution in [3.63, 3.8) is 0 Å². The van der Waals surface area contributed by atoms with Crippen LogP contribution in [0.4, 0.5) is 5.82 Å². The highest BCUT2D eigenvalue weighted by Crippen LogP contribution is 2.22. The van der Waals surface area contributed by atoms with E-state index in [1.54, 1.807) is 6.33 Å². The Morgan fingerprint density at radius 2 is 2.12 bits per heavy atom. The minimum absolute atomic E-state index is 0.641. The summed E-state index contributed by atoms with van der Waals surface area (Å²) >= 11 is 9.50. The number of nitrogens with one attached hydrogen (secondary N) is 1. The molecule has 0 aliphatic heterocycles. The Morgan fingerprint density at radius 1 is 1.29 bits per heavy atom. The van der Waals surface area contributed by atoms with Gasteiger partial charge in [-0.3, -0.25) is 0 Å². The molecule has 0 spiro atoms. The third-order valence-corrected chi connectivity index (χ3v) is 3.12. The number of hydrogen-bond acceptors (Lipinski definition) is 3. The smallest absolute Gasteiger partial charge is 0.129 e. The molecule has 1 aromatic heterocycles. The highest BCUT2D eigenvalue weighted by molar-refractivity contribution is 9.10. The molecule has 1 N–H and O–H groups in total. The zero-order chi connectivity index (χ0) is 12.3. The number of hydrogen-bond donors (Lipinski definition) is 1. The van der Waals surface area contributed by atoms with Gasteiger partial charge in [0.1, 0.15) is 12.1 Å². The van der Waals surface area contributed by atoms with Gasteiger partial charge >= 0.3 is 0 Å². The lowest BCUT2D eigenvalue weighted by Gasteiger charge is -2.07. The summed E-state index contributed by atoms with van der Waals surface area (Å²) in [6, 6.07) is 7.72. The molecule has 0 saturated heterocycles. The maximum Gasteiger partial charge on any atom is 0.129 e. The lowest BCUT2D eigenvalue weighted by Crippen LogP contribution is -2.02. The molecule has 0 bridgehead atoms. The van der Waals surface area contributed by atoms with Crippen LogP contribution in [-0.4, -0.2) is 9.97 Å². The van der Waals surface area contributed by atoms with E-state index in [9.17, 15) is 0 Å². The van der Waals surface area contributed by atoms with Crippen LogP contribution < -0.4 is 5.32 Å². The zero-order valence-electron chi connectivity index (χ0n) is 9.24. The normalized spacial score (nSPS) is 10.3. The number of benzene rings is 1. The topological polar surface area (TPSA) is 37.8 Å². The van der Waals surface area contributed by atoms with Crippen molar-refractivity contribution in [1.29, 1.82) is 0 Å². The molecular weight excluding hydrogens is 302 g/mol. The second-order valence-electron chi connectivity index (χ2n) is 3.63. The van der Waals surface area contributed by atoms with E-state index < -0.39 is 0 Å². The van der Waals surface area contributed by atoms with E-state index in [0.717, 1.165) is 26.6 Å². The lowest BCUT2D eigenvalue weighted by molar-refractivity contribution is 1.05. The Labute approximate surface area is 113 Å². The minimum Gasteiger partial charge on any atom is -0.366 e. The van der Waals surface area contributed by atoms with Crippen LogP contribution in [-0.2, 0) is 6.54 Å². The first-order chi connectivity index (χ1) is 8.15. The number of halogens is 2. The van der Waals surface area contributed by atoms with Crippen LogP contribution in [0.1, 0.15) is 11.3 Å². The van der Waals surface area contributed by atoms with Crippen molar-refractivity contribution in [2.24, 2.45) is 0 Å². The second-order valence-corrected chi connectivity index (χ2v) is 4.96. The fourth-order valence-electron chi connectivity index (χ4n) is 1.40. The first kappa shape index (κ1) is 12.3. The average Bonchev–Trinajstić information content (AvgIpc) is 2.28. The van der Waals surface area contributed by atoms with Gasteiger partial charge in [0.2, 0.25) is 0 Å². The van der Waals surface area contributed by atoms with Crippen molar-refractivity contribution in [2.45, 2.75) is 13.5 Å². The summed E-state index contributed by atoms with van der Waals surface area (Å²) in [5, 5.41) is 3.95. The number of aryl methyl sites for hydroxylation is 1. The first-order valence-corrected chi connectivity index (χ1v) is 6.29. The van der Waals surface area contributed by atoms with Gasteiger partial charge in [-0.05, 0) is 24.6 Å². The number of nitrogens with zero attached hydrogens (tertiary/aromatic N) is 2. The molecule has 0 aliphatic carbocycles. The van der Waals surface area contributed by atoms with Crippen molar-refractivity contribution in [1.82, 2.24) is 9.97 Å². The predicted octanol–water partition coefficient (Wildman–Crippen LogP) is 3.81. The number of rotatable bonds is 3. The average molecular weight is 313 g/mol. The van der Waals surface area contributed by atoms with E-state index in [2.05, 4.69) is 31.2 Å². The van der Waals surface area contributed by atoms with E-state index in [0.29, 0.717) is 6.54 Å². The van der Waals surface area contributed by atoms with Gasteiger partial charge in [-0.15, -0.1) is 0 Å². The van der Waals surface area contributed by atoms with Crippen LogP contribution in [0.15, 0.2) is 35.1 Å². The van der Waals surface area contributed by atoms with Crippen molar-refractivity contribution in [3.05, 3.63) is 51.3 Å². The Kier molecular flexibility index (Phi) is 3.97. The molecule has 0 radical (unpaired) electrons. The predicted molar refractivity (Wildman–Crippen MR) is 73.2 cm³/mol. The summed E-state index contributed by atoms with van der Waals surface area (Å²) in [6.07, 6.45) is 1.54. The lowest BCUT2D eigenvalue weighted by atomic mass is 10.2. The summed E-state index contributed by atoms with van der Waals surface area (Å²) < 4.78 is 0.976. The van der Waals surface area contributed by atoms with Crippen LogP contribution >= 0.6 is 27.5 Å². The SMILES string of the molecule is Cc1cc(NCc2ccc(Br)cc2Cl)ncn1. The van der Waals surface area contributed by atoms with E-state index in [4.69, 9.17) is 11.6 Å². The van der Waals surface area contributed by atoms with Gasteiger partial charge in [0.15, 0.2) is 0 Å². The molecule has 1 heterocycles. The maximum absolute atomic E-state index is 6.12. The Bertz CT molecular complexity index is 531. The van der Waals surface area contributed by atoms with Gasteiger partial charge < -0.3 is 5.32 Å². The van der Waals surface area contributed by atoms with Crippen LogP contribution in [0.25, 0.3) is 0 Å². The quantitative estimate of drug-likeness (QED) is 0.936. The fourth-order valence-corrected chi connectivity index (χ4v) is 2.14. The van der Waals surface area contributed by atoms with Gasteiger partial charge in [-0.25, -0.2) is 9.97 Å². The van der Waals surface area contributed by atoms with E-state index in [1.807, 2.05) is 31.2 Å². The van der Waals surface area contributed by atoms with Gasteiger partial charge in [0.05, 0.1) is 0 Å². The summed E-state index contributed by atoms with van der Waals surface area (Å²) in [5.41, 5.74) is 1.97. The zero-order valence-corrected chi connectivity index (χ0v) is 11.6. The van der Waals surface area contributed by atoms with E-state index >= 15 is 0 Å². The first-order valence-electron chi connectivity index (χ1n) is 5.11. The third kappa shape index (κ3) is 3.41. The van der Waals surface area contributed by atoms with Gasteiger partial charge in [-0.1, -0.05) is 33.6 Å². The molecule has 0 atom stereocenters. The molecule has 0 unspecified atom stereocenters.